The molecule has 6 heteroatoms. The molecule has 1 aromatic carbocycles. The van der Waals surface area contributed by atoms with E-state index in [9.17, 15) is 9.90 Å². The van der Waals surface area contributed by atoms with E-state index in [0.29, 0.717) is 0 Å². The van der Waals surface area contributed by atoms with Crippen LogP contribution in [-0.2, 0) is 0 Å². The Labute approximate surface area is 148 Å². The predicted octanol–water partition coefficient (Wildman–Crippen LogP) is 2.84. The average molecular weight is 342 g/mol. The van der Waals surface area contributed by atoms with Crippen LogP contribution in [0, 0.1) is 6.92 Å². The molecule has 1 fully saturated rings. The second-order valence-electron chi connectivity index (χ2n) is 6.73. The van der Waals surface area contributed by atoms with Gasteiger partial charge in [-0.2, -0.15) is 0 Å². The van der Waals surface area contributed by atoms with Crippen molar-refractivity contribution in [2.24, 2.45) is 0 Å². The van der Waals surface area contributed by atoms with Gasteiger partial charge in [0.2, 0.25) is 0 Å². The summed E-state index contributed by atoms with van der Waals surface area (Å²) >= 11 is 0. The Bertz CT molecular complexity index is 710. The molecule has 1 aliphatic rings. The number of aryl methyl sites for hydroxylation is 1. The summed E-state index contributed by atoms with van der Waals surface area (Å²) in [5, 5.41) is 15.8. The minimum Gasteiger partial charge on any atom is -0.391 e. The number of imidazole rings is 1. The van der Waals surface area contributed by atoms with E-state index in [-0.39, 0.29) is 18.1 Å². The fraction of sp³-hybridized carbons (Fsp3) is 0.474. The molecule has 2 aromatic rings. The van der Waals surface area contributed by atoms with Gasteiger partial charge in [0.1, 0.15) is 5.82 Å². The standard InChI is InChI=1S/C19H26N4O2/c1-13(21-19(25)22-17-5-3-4-6-18(17)24)15-7-9-16(10-8-15)23-12-11-20-14(23)2/h7-13,17-18,24H,3-6H2,1-2H3,(H2,21,22,25). The summed E-state index contributed by atoms with van der Waals surface area (Å²) in [5.41, 5.74) is 2.07. The quantitative estimate of drug-likeness (QED) is 0.799. The molecule has 3 unspecified atom stereocenters. The highest BCUT2D eigenvalue weighted by molar-refractivity contribution is 5.74. The van der Waals surface area contributed by atoms with Crippen LogP contribution in [0.5, 0.6) is 0 Å². The number of urea groups is 1. The molecule has 3 atom stereocenters. The summed E-state index contributed by atoms with van der Waals surface area (Å²) < 4.78 is 2.01. The summed E-state index contributed by atoms with van der Waals surface area (Å²) in [6, 6.07) is 7.57. The van der Waals surface area contributed by atoms with Gasteiger partial charge in [-0.15, -0.1) is 0 Å². The van der Waals surface area contributed by atoms with Crippen LogP contribution in [0.25, 0.3) is 5.69 Å². The number of hydrogen-bond acceptors (Lipinski definition) is 3. The summed E-state index contributed by atoms with van der Waals surface area (Å²) in [4.78, 5) is 16.4. The van der Waals surface area contributed by atoms with Crippen molar-refractivity contribution in [1.29, 1.82) is 0 Å². The van der Waals surface area contributed by atoms with Crippen molar-refractivity contribution >= 4 is 6.03 Å². The van der Waals surface area contributed by atoms with Gasteiger partial charge in [0.15, 0.2) is 0 Å². The molecule has 3 N–H and O–H groups in total. The molecule has 1 saturated carbocycles. The Hall–Kier alpha value is -2.34. The number of carbonyl (C=O) groups excluding carboxylic acids is 1. The van der Waals surface area contributed by atoms with Crippen LogP contribution in [0.3, 0.4) is 0 Å². The number of carbonyl (C=O) groups is 1. The fourth-order valence-corrected chi connectivity index (χ4v) is 3.34. The van der Waals surface area contributed by atoms with E-state index in [1.807, 2.05) is 48.9 Å². The normalized spacial score (nSPS) is 21.6. The molecule has 1 aliphatic carbocycles. The monoisotopic (exact) mass is 342 g/mol. The van der Waals surface area contributed by atoms with Gasteiger partial charge in [0, 0.05) is 18.1 Å². The number of nitrogens with zero attached hydrogens (tertiary/aromatic N) is 2. The highest BCUT2D eigenvalue weighted by atomic mass is 16.3. The number of aromatic nitrogens is 2. The lowest BCUT2D eigenvalue weighted by molar-refractivity contribution is 0.0941. The number of aliphatic hydroxyl groups excluding tert-OH is 1. The maximum atomic E-state index is 12.2. The topological polar surface area (TPSA) is 79.2 Å². The van der Waals surface area contributed by atoms with Crippen molar-refractivity contribution in [3.8, 4) is 5.69 Å². The van der Waals surface area contributed by atoms with E-state index in [1.54, 1.807) is 6.20 Å². The Kier molecular flexibility index (Phi) is 5.38. The molecule has 6 nitrogen and oxygen atoms in total. The highest BCUT2D eigenvalue weighted by Gasteiger charge is 2.24. The summed E-state index contributed by atoms with van der Waals surface area (Å²) in [6.45, 7) is 3.91. The number of hydrogen-bond donors (Lipinski definition) is 3. The first-order valence-corrected chi connectivity index (χ1v) is 8.90. The second-order valence-corrected chi connectivity index (χ2v) is 6.73. The van der Waals surface area contributed by atoms with Gasteiger partial charge < -0.3 is 20.3 Å². The summed E-state index contributed by atoms with van der Waals surface area (Å²) in [5.74, 6) is 0.935. The maximum absolute atomic E-state index is 12.2. The first kappa shape index (κ1) is 17.5. The first-order chi connectivity index (χ1) is 12.0. The third-order valence-corrected chi connectivity index (χ3v) is 4.89. The zero-order valence-corrected chi connectivity index (χ0v) is 14.8. The molecular weight excluding hydrogens is 316 g/mol. The van der Waals surface area contributed by atoms with Crippen LogP contribution >= 0.6 is 0 Å². The van der Waals surface area contributed by atoms with Crippen molar-refractivity contribution < 1.29 is 9.90 Å². The van der Waals surface area contributed by atoms with E-state index >= 15 is 0 Å². The van der Waals surface area contributed by atoms with Crippen LogP contribution in [0.2, 0.25) is 0 Å². The Morgan fingerprint density at radius 2 is 2.00 bits per heavy atom. The molecule has 0 radical (unpaired) electrons. The van der Waals surface area contributed by atoms with Crippen LogP contribution < -0.4 is 10.6 Å². The summed E-state index contributed by atoms with van der Waals surface area (Å²) in [7, 11) is 0. The van der Waals surface area contributed by atoms with E-state index in [4.69, 9.17) is 0 Å². The average Bonchev–Trinajstić information content (AvgIpc) is 3.03. The van der Waals surface area contributed by atoms with Crippen molar-refractivity contribution in [3.05, 3.63) is 48.0 Å². The van der Waals surface area contributed by atoms with Crippen LogP contribution in [0.1, 0.15) is 50.0 Å². The number of rotatable bonds is 4. The van der Waals surface area contributed by atoms with Gasteiger partial charge in [-0.05, 0) is 44.4 Å². The molecule has 1 aromatic heterocycles. The molecule has 2 amide bonds. The fourth-order valence-electron chi connectivity index (χ4n) is 3.34. The van der Waals surface area contributed by atoms with Gasteiger partial charge in [-0.25, -0.2) is 9.78 Å². The molecule has 0 aliphatic heterocycles. The van der Waals surface area contributed by atoms with Crippen LogP contribution in [0.15, 0.2) is 36.7 Å². The summed E-state index contributed by atoms with van der Waals surface area (Å²) in [6.07, 6.45) is 6.93. The van der Waals surface area contributed by atoms with Crippen LogP contribution in [-0.4, -0.2) is 32.8 Å². The molecule has 0 spiro atoms. The van der Waals surface area contributed by atoms with Gasteiger partial charge in [0.25, 0.3) is 0 Å². The smallest absolute Gasteiger partial charge is 0.315 e. The molecular formula is C19H26N4O2. The largest absolute Gasteiger partial charge is 0.391 e. The van der Waals surface area contributed by atoms with Gasteiger partial charge in [-0.1, -0.05) is 25.0 Å². The zero-order valence-electron chi connectivity index (χ0n) is 14.8. The van der Waals surface area contributed by atoms with Crippen molar-refractivity contribution in [1.82, 2.24) is 20.2 Å². The lowest BCUT2D eigenvalue weighted by Crippen LogP contribution is -2.49. The number of aliphatic hydroxyl groups is 1. The molecule has 3 rings (SSSR count). The van der Waals surface area contributed by atoms with E-state index in [0.717, 1.165) is 42.8 Å². The Balaban J connectivity index is 1.58. The second kappa shape index (κ2) is 7.70. The third kappa shape index (κ3) is 4.20. The van der Waals surface area contributed by atoms with E-state index < -0.39 is 6.10 Å². The van der Waals surface area contributed by atoms with Crippen molar-refractivity contribution in [2.45, 2.75) is 57.7 Å². The Morgan fingerprint density at radius 1 is 1.28 bits per heavy atom. The predicted molar refractivity (Wildman–Crippen MR) is 96.6 cm³/mol. The maximum Gasteiger partial charge on any atom is 0.315 e. The van der Waals surface area contributed by atoms with Gasteiger partial charge in [0.05, 0.1) is 18.2 Å². The number of benzene rings is 1. The number of nitrogens with one attached hydrogen (secondary N) is 2. The lowest BCUT2D eigenvalue weighted by Gasteiger charge is -2.29. The molecule has 25 heavy (non-hydrogen) atoms. The minimum absolute atomic E-state index is 0.112. The van der Waals surface area contributed by atoms with Crippen LogP contribution in [0.4, 0.5) is 4.79 Å². The van der Waals surface area contributed by atoms with Gasteiger partial charge >= 0.3 is 6.03 Å². The highest BCUT2D eigenvalue weighted by Crippen LogP contribution is 2.19. The van der Waals surface area contributed by atoms with Crippen molar-refractivity contribution in [3.63, 3.8) is 0 Å². The number of amides is 2. The first-order valence-electron chi connectivity index (χ1n) is 8.90. The lowest BCUT2D eigenvalue weighted by atomic mass is 9.93. The van der Waals surface area contributed by atoms with Crippen molar-refractivity contribution in [2.75, 3.05) is 0 Å². The van der Waals surface area contributed by atoms with E-state index in [1.165, 1.54) is 0 Å². The van der Waals surface area contributed by atoms with Gasteiger partial charge in [-0.3, -0.25) is 0 Å². The molecule has 134 valence electrons. The molecule has 1 heterocycles. The molecule has 0 saturated heterocycles. The van der Waals surface area contributed by atoms with E-state index in [2.05, 4.69) is 15.6 Å². The zero-order chi connectivity index (χ0) is 17.8. The third-order valence-electron chi connectivity index (χ3n) is 4.89. The SMILES string of the molecule is Cc1nccn1-c1ccc(C(C)NC(=O)NC2CCCCC2O)cc1. The Morgan fingerprint density at radius 3 is 2.64 bits per heavy atom. The molecule has 0 bridgehead atoms. The minimum atomic E-state index is -0.437.